The summed E-state index contributed by atoms with van der Waals surface area (Å²) in [5.74, 6) is 0. The Morgan fingerprint density at radius 2 is 2.00 bits per heavy atom. The summed E-state index contributed by atoms with van der Waals surface area (Å²) >= 11 is 0. The zero-order valence-electron chi connectivity index (χ0n) is 10.9. The van der Waals surface area contributed by atoms with E-state index >= 15 is 0 Å². The molecule has 0 spiro atoms. The third-order valence-corrected chi connectivity index (χ3v) is 2.88. The van der Waals surface area contributed by atoms with Crippen molar-refractivity contribution in [1.29, 1.82) is 5.26 Å². The van der Waals surface area contributed by atoms with Gasteiger partial charge in [-0.2, -0.15) is 5.26 Å². The third kappa shape index (κ3) is 2.98. The van der Waals surface area contributed by atoms with E-state index in [1.807, 2.05) is 12.1 Å². The number of nitriles is 1. The first-order valence-electron chi connectivity index (χ1n) is 6.00. The Morgan fingerprint density at radius 3 is 2.41 bits per heavy atom. The van der Waals surface area contributed by atoms with E-state index in [1.165, 1.54) is 0 Å². The standard InChI is InChI=1S/C14H20N2O/c1-5-16(10(2)3)14-8-12(9-15)6-7-13(14)11(4)17/h6-8,10-11,17H,5H2,1-4H3. The van der Waals surface area contributed by atoms with Gasteiger partial charge in [0.2, 0.25) is 0 Å². The van der Waals surface area contributed by atoms with Gasteiger partial charge in [0.05, 0.1) is 17.7 Å². The van der Waals surface area contributed by atoms with Crippen molar-refractivity contribution in [3.05, 3.63) is 29.3 Å². The zero-order valence-corrected chi connectivity index (χ0v) is 10.9. The number of anilines is 1. The Morgan fingerprint density at radius 1 is 1.35 bits per heavy atom. The van der Waals surface area contributed by atoms with Crippen molar-refractivity contribution >= 4 is 5.69 Å². The molecule has 0 amide bonds. The zero-order chi connectivity index (χ0) is 13.0. The van der Waals surface area contributed by atoms with Crippen LogP contribution in [0.3, 0.4) is 0 Å². The quantitative estimate of drug-likeness (QED) is 0.868. The van der Waals surface area contributed by atoms with Crippen LogP contribution in [-0.4, -0.2) is 17.7 Å². The fraction of sp³-hybridized carbons (Fsp3) is 0.500. The van der Waals surface area contributed by atoms with Crippen molar-refractivity contribution < 1.29 is 5.11 Å². The summed E-state index contributed by atoms with van der Waals surface area (Å²) in [6.45, 7) is 8.89. The van der Waals surface area contributed by atoms with Crippen LogP contribution in [0.1, 0.15) is 44.9 Å². The molecule has 17 heavy (non-hydrogen) atoms. The van der Waals surface area contributed by atoms with E-state index in [9.17, 15) is 5.11 Å². The first-order chi connectivity index (χ1) is 8.01. The van der Waals surface area contributed by atoms with Crippen molar-refractivity contribution in [1.82, 2.24) is 0 Å². The Hall–Kier alpha value is -1.53. The van der Waals surface area contributed by atoms with Crippen molar-refractivity contribution in [3.8, 4) is 6.07 Å². The van der Waals surface area contributed by atoms with Gasteiger partial charge in [0.1, 0.15) is 0 Å². The van der Waals surface area contributed by atoms with Crippen LogP contribution in [0, 0.1) is 11.3 Å². The fourth-order valence-corrected chi connectivity index (χ4v) is 2.03. The minimum absolute atomic E-state index is 0.339. The van der Waals surface area contributed by atoms with Crippen LogP contribution in [0.2, 0.25) is 0 Å². The second-order valence-electron chi connectivity index (χ2n) is 4.44. The molecule has 1 aromatic rings. The monoisotopic (exact) mass is 232 g/mol. The minimum atomic E-state index is -0.523. The summed E-state index contributed by atoms with van der Waals surface area (Å²) in [4.78, 5) is 2.18. The lowest BCUT2D eigenvalue weighted by molar-refractivity contribution is 0.199. The predicted molar refractivity (Wildman–Crippen MR) is 69.9 cm³/mol. The van der Waals surface area contributed by atoms with Crippen LogP contribution in [0.15, 0.2) is 18.2 Å². The third-order valence-electron chi connectivity index (χ3n) is 2.88. The van der Waals surface area contributed by atoms with Crippen LogP contribution < -0.4 is 4.90 Å². The highest BCUT2D eigenvalue weighted by molar-refractivity contribution is 5.59. The van der Waals surface area contributed by atoms with Crippen molar-refractivity contribution in [2.75, 3.05) is 11.4 Å². The number of rotatable bonds is 4. The SMILES string of the molecule is CCN(c1cc(C#N)ccc1C(C)O)C(C)C. The Balaban J connectivity index is 3.31. The molecule has 1 aromatic carbocycles. The second kappa shape index (κ2) is 5.70. The number of benzene rings is 1. The summed E-state index contributed by atoms with van der Waals surface area (Å²) in [7, 11) is 0. The predicted octanol–water partition coefficient (Wildman–Crippen LogP) is 2.85. The van der Waals surface area contributed by atoms with Crippen LogP contribution in [0.25, 0.3) is 0 Å². The smallest absolute Gasteiger partial charge is 0.0992 e. The van der Waals surface area contributed by atoms with Crippen LogP contribution in [-0.2, 0) is 0 Å². The lowest BCUT2D eigenvalue weighted by Crippen LogP contribution is -2.31. The molecule has 0 saturated heterocycles. The molecule has 0 bridgehead atoms. The highest BCUT2D eigenvalue weighted by atomic mass is 16.3. The van der Waals surface area contributed by atoms with Crippen LogP contribution in [0.4, 0.5) is 5.69 Å². The van der Waals surface area contributed by atoms with E-state index < -0.39 is 6.10 Å². The molecule has 0 aliphatic rings. The first-order valence-corrected chi connectivity index (χ1v) is 6.00. The van der Waals surface area contributed by atoms with Gasteiger partial charge < -0.3 is 10.0 Å². The molecule has 1 rings (SSSR count). The molecule has 1 unspecified atom stereocenters. The maximum Gasteiger partial charge on any atom is 0.0992 e. The Kier molecular flexibility index (Phi) is 4.53. The lowest BCUT2D eigenvalue weighted by Gasteiger charge is -2.30. The summed E-state index contributed by atoms with van der Waals surface area (Å²) in [6, 6.07) is 7.92. The summed E-state index contributed by atoms with van der Waals surface area (Å²) < 4.78 is 0. The number of aliphatic hydroxyl groups excluding tert-OH is 1. The van der Waals surface area contributed by atoms with E-state index in [0.717, 1.165) is 17.8 Å². The molecule has 3 heteroatoms. The Labute approximate surface area is 103 Å². The molecule has 0 fully saturated rings. The van der Waals surface area contributed by atoms with E-state index in [0.29, 0.717) is 11.6 Å². The molecule has 0 heterocycles. The van der Waals surface area contributed by atoms with Crippen LogP contribution >= 0.6 is 0 Å². The lowest BCUT2D eigenvalue weighted by atomic mass is 10.0. The van der Waals surface area contributed by atoms with E-state index in [1.54, 1.807) is 13.0 Å². The van der Waals surface area contributed by atoms with E-state index in [2.05, 4.69) is 31.7 Å². The fourth-order valence-electron chi connectivity index (χ4n) is 2.03. The molecular weight excluding hydrogens is 212 g/mol. The minimum Gasteiger partial charge on any atom is -0.389 e. The molecule has 1 N–H and O–H groups in total. The molecule has 0 aromatic heterocycles. The van der Waals surface area contributed by atoms with Crippen molar-refractivity contribution in [3.63, 3.8) is 0 Å². The van der Waals surface area contributed by atoms with Gasteiger partial charge in [0.15, 0.2) is 0 Å². The summed E-state index contributed by atoms with van der Waals surface area (Å²) in [5.41, 5.74) is 2.46. The highest BCUT2D eigenvalue weighted by Crippen LogP contribution is 2.28. The molecule has 0 radical (unpaired) electrons. The van der Waals surface area contributed by atoms with Gasteiger partial charge in [-0.3, -0.25) is 0 Å². The summed E-state index contributed by atoms with van der Waals surface area (Å²) in [6.07, 6.45) is -0.523. The normalized spacial score (nSPS) is 12.3. The van der Waals surface area contributed by atoms with E-state index in [-0.39, 0.29) is 0 Å². The van der Waals surface area contributed by atoms with Gasteiger partial charge in [-0.25, -0.2) is 0 Å². The molecule has 0 aliphatic heterocycles. The Bertz CT molecular complexity index is 419. The van der Waals surface area contributed by atoms with Gasteiger partial charge in [0.25, 0.3) is 0 Å². The van der Waals surface area contributed by atoms with E-state index in [4.69, 9.17) is 5.26 Å². The molecular formula is C14H20N2O. The molecule has 0 saturated carbocycles. The van der Waals surface area contributed by atoms with Gasteiger partial charge in [-0.1, -0.05) is 6.07 Å². The van der Waals surface area contributed by atoms with Crippen molar-refractivity contribution in [2.45, 2.75) is 39.8 Å². The number of nitrogens with zero attached hydrogens (tertiary/aromatic N) is 2. The van der Waals surface area contributed by atoms with Gasteiger partial charge >= 0.3 is 0 Å². The maximum atomic E-state index is 9.78. The van der Waals surface area contributed by atoms with Gasteiger partial charge in [0, 0.05) is 23.8 Å². The topological polar surface area (TPSA) is 47.3 Å². The molecule has 92 valence electrons. The second-order valence-corrected chi connectivity index (χ2v) is 4.44. The molecule has 1 atom stereocenters. The maximum absolute atomic E-state index is 9.78. The van der Waals surface area contributed by atoms with Crippen molar-refractivity contribution in [2.24, 2.45) is 0 Å². The van der Waals surface area contributed by atoms with Gasteiger partial charge in [-0.15, -0.1) is 0 Å². The average Bonchev–Trinajstić information content (AvgIpc) is 2.29. The number of hydrogen-bond acceptors (Lipinski definition) is 3. The number of hydrogen-bond donors (Lipinski definition) is 1. The highest BCUT2D eigenvalue weighted by Gasteiger charge is 2.16. The largest absolute Gasteiger partial charge is 0.389 e. The number of aliphatic hydroxyl groups is 1. The summed E-state index contributed by atoms with van der Waals surface area (Å²) in [5, 5.41) is 18.7. The van der Waals surface area contributed by atoms with Crippen LogP contribution in [0.5, 0.6) is 0 Å². The molecule has 0 aliphatic carbocycles. The first kappa shape index (κ1) is 13.5. The molecule has 3 nitrogen and oxygen atoms in total. The average molecular weight is 232 g/mol. The van der Waals surface area contributed by atoms with Gasteiger partial charge in [-0.05, 0) is 39.8 Å².